The molecule has 0 aromatic heterocycles. The summed E-state index contributed by atoms with van der Waals surface area (Å²) in [6, 6.07) is -0.278. The highest BCUT2D eigenvalue weighted by Gasteiger charge is 2.32. The zero-order valence-electron chi connectivity index (χ0n) is 12.6. The Bertz CT molecular complexity index is 424. The molecule has 0 aromatic rings. The number of piperidine rings is 1. The Morgan fingerprint density at radius 1 is 1.33 bits per heavy atom. The van der Waals surface area contributed by atoms with Gasteiger partial charge in [-0.15, -0.1) is 0 Å². The molecule has 1 saturated heterocycles. The molecule has 2 rings (SSSR count). The highest BCUT2D eigenvalue weighted by atomic mass is 16.2. The Balaban J connectivity index is 1.74. The van der Waals surface area contributed by atoms with Crippen LogP contribution >= 0.6 is 0 Å². The Morgan fingerprint density at radius 2 is 2.10 bits per heavy atom. The highest BCUT2D eigenvalue weighted by Crippen LogP contribution is 2.26. The van der Waals surface area contributed by atoms with Gasteiger partial charge in [0.2, 0.25) is 11.8 Å². The lowest BCUT2D eigenvalue weighted by Gasteiger charge is -2.29. The average Bonchev–Trinajstić information content (AvgIpc) is 2.46. The summed E-state index contributed by atoms with van der Waals surface area (Å²) in [4.78, 5) is 36.4. The Kier molecular flexibility index (Phi) is 5.33. The van der Waals surface area contributed by atoms with Gasteiger partial charge in [0.15, 0.2) is 0 Å². The zero-order chi connectivity index (χ0) is 15.4. The fourth-order valence-corrected chi connectivity index (χ4v) is 3.25. The van der Waals surface area contributed by atoms with Crippen LogP contribution in [0.4, 0.5) is 0 Å². The lowest BCUT2D eigenvalue weighted by molar-refractivity contribution is -0.149. The van der Waals surface area contributed by atoms with E-state index in [4.69, 9.17) is 5.73 Å². The number of carbonyl (C=O) groups is 3. The van der Waals surface area contributed by atoms with E-state index >= 15 is 0 Å². The monoisotopic (exact) mass is 295 g/mol. The number of nitrogens with zero attached hydrogens (tertiary/aromatic N) is 1. The van der Waals surface area contributed by atoms with Crippen LogP contribution in [0.5, 0.6) is 0 Å². The van der Waals surface area contributed by atoms with Crippen molar-refractivity contribution in [1.82, 2.24) is 10.2 Å². The van der Waals surface area contributed by atoms with Gasteiger partial charge >= 0.3 is 0 Å². The number of nitrogens with one attached hydrogen (secondary N) is 1. The summed E-state index contributed by atoms with van der Waals surface area (Å²) in [5.41, 5.74) is 5.94. The van der Waals surface area contributed by atoms with Crippen molar-refractivity contribution in [3.05, 3.63) is 0 Å². The molecular formula is C15H25N3O3. The molecule has 0 aromatic carbocycles. The minimum Gasteiger partial charge on any atom is -0.344 e. The van der Waals surface area contributed by atoms with Gasteiger partial charge in [0.1, 0.15) is 6.04 Å². The maximum Gasteiger partial charge on any atom is 0.251 e. The SMILES string of the molecule is CN1C(=O)CCC(NC(=O)CCC2CCCC(N)C2)C1=O. The maximum absolute atomic E-state index is 12.0. The maximum atomic E-state index is 12.0. The van der Waals surface area contributed by atoms with Gasteiger partial charge in [-0.1, -0.05) is 12.8 Å². The number of hydrogen-bond donors (Lipinski definition) is 2. The summed E-state index contributed by atoms with van der Waals surface area (Å²) in [7, 11) is 1.46. The molecule has 1 aliphatic carbocycles. The molecule has 0 radical (unpaired) electrons. The first-order valence-electron chi connectivity index (χ1n) is 7.82. The number of likely N-dealkylation sites (N-methyl/N-ethyl adjacent to an activating group) is 1. The molecule has 3 atom stereocenters. The van der Waals surface area contributed by atoms with E-state index in [9.17, 15) is 14.4 Å². The smallest absolute Gasteiger partial charge is 0.251 e. The molecule has 0 spiro atoms. The zero-order valence-corrected chi connectivity index (χ0v) is 12.6. The molecular weight excluding hydrogens is 270 g/mol. The molecule has 2 aliphatic rings. The first-order chi connectivity index (χ1) is 9.97. The molecule has 3 N–H and O–H groups in total. The number of carbonyl (C=O) groups excluding carboxylic acids is 3. The Morgan fingerprint density at radius 3 is 2.81 bits per heavy atom. The summed E-state index contributed by atoms with van der Waals surface area (Å²) in [6.07, 6.45) is 6.33. The van der Waals surface area contributed by atoms with Crippen LogP contribution in [0.25, 0.3) is 0 Å². The molecule has 0 bridgehead atoms. The average molecular weight is 295 g/mol. The number of imide groups is 1. The van der Waals surface area contributed by atoms with Crippen LogP contribution < -0.4 is 11.1 Å². The number of nitrogens with two attached hydrogens (primary N) is 1. The minimum atomic E-state index is -0.547. The largest absolute Gasteiger partial charge is 0.344 e. The Hall–Kier alpha value is -1.43. The van der Waals surface area contributed by atoms with Crippen molar-refractivity contribution in [2.45, 2.75) is 63.5 Å². The quantitative estimate of drug-likeness (QED) is 0.741. The third-order valence-corrected chi connectivity index (χ3v) is 4.59. The van der Waals surface area contributed by atoms with Gasteiger partial charge in [0.05, 0.1) is 0 Å². The van der Waals surface area contributed by atoms with Crippen LogP contribution in [-0.2, 0) is 14.4 Å². The standard InChI is InChI=1S/C15H25N3O3/c1-18-14(20)8-6-12(15(18)21)17-13(19)7-5-10-3-2-4-11(16)9-10/h10-12H,2-9,16H2,1H3,(H,17,19). The fourth-order valence-electron chi connectivity index (χ4n) is 3.25. The van der Waals surface area contributed by atoms with Crippen molar-refractivity contribution >= 4 is 17.7 Å². The number of likely N-dealkylation sites (tertiary alicyclic amines) is 1. The second-order valence-electron chi connectivity index (χ2n) is 6.28. The molecule has 6 nitrogen and oxygen atoms in total. The molecule has 1 heterocycles. The normalized spacial score (nSPS) is 30.4. The van der Waals surface area contributed by atoms with E-state index in [0.29, 0.717) is 25.2 Å². The Labute approximate surface area is 125 Å². The summed E-state index contributed by atoms with van der Waals surface area (Å²) < 4.78 is 0. The van der Waals surface area contributed by atoms with Crippen LogP contribution in [0.1, 0.15) is 51.4 Å². The van der Waals surface area contributed by atoms with E-state index in [1.54, 1.807) is 0 Å². The minimum absolute atomic E-state index is 0.102. The first kappa shape index (κ1) is 15.9. The van der Waals surface area contributed by atoms with Crippen molar-refractivity contribution in [1.29, 1.82) is 0 Å². The van der Waals surface area contributed by atoms with Crippen molar-refractivity contribution in [2.24, 2.45) is 11.7 Å². The number of rotatable bonds is 4. The van der Waals surface area contributed by atoms with Crippen molar-refractivity contribution in [2.75, 3.05) is 7.05 Å². The van der Waals surface area contributed by atoms with Crippen molar-refractivity contribution < 1.29 is 14.4 Å². The molecule has 2 fully saturated rings. The second kappa shape index (κ2) is 7.02. The summed E-state index contributed by atoms with van der Waals surface area (Å²) in [6.45, 7) is 0. The topological polar surface area (TPSA) is 92.5 Å². The molecule has 1 saturated carbocycles. The van der Waals surface area contributed by atoms with Gasteiger partial charge in [0, 0.05) is 25.9 Å². The molecule has 3 amide bonds. The lowest BCUT2D eigenvalue weighted by Crippen LogP contribution is -2.52. The van der Waals surface area contributed by atoms with Crippen molar-refractivity contribution in [3.8, 4) is 0 Å². The molecule has 6 heteroatoms. The van der Waals surface area contributed by atoms with E-state index in [1.165, 1.54) is 7.05 Å². The van der Waals surface area contributed by atoms with E-state index in [2.05, 4.69) is 5.32 Å². The first-order valence-corrected chi connectivity index (χ1v) is 7.82. The predicted molar refractivity (Wildman–Crippen MR) is 78.1 cm³/mol. The molecule has 118 valence electrons. The van der Waals surface area contributed by atoms with E-state index in [0.717, 1.165) is 37.0 Å². The molecule has 1 aliphatic heterocycles. The summed E-state index contributed by atoms with van der Waals surface area (Å²) in [5, 5.41) is 2.76. The number of hydrogen-bond acceptors (Lipinski definition) is 4. The number of amides is 3. The van der Waals surface area contributed by atoms with Crippen LogP contribution in [0.2, 0.25) is 0 Å². The van der Waals surface area contributed by atoms with Gasteiger partial charge in [-0.2, -0.15) is 0 Å². The second-order valence-corrected chi connectivity index (χ2v) is 6.28. The van der Waals surface area contributed by atoms with Crippen LogP contribution in [0, 0.1) is 5.92 Å². The van der Waals surface area contributed by atoms with Crippen LogP contribution in [-0.4, -0.2) is 41.8 Å². The van der Waals surface area contributed by atoms with Crippen LogP contribution in [0.3, 0.4) is 0 Å². The van der Waals surface area contributed by atoms with Gasteiger partial charge < -0.3 is 11.1 Å². The predicted octanol–water partition coefficient (Wildman–Crippen LogP) is 0.548. The van der Waals surface area contributed by atoms with Gasteiger partial charge in [-0.3, -0.25) is 19.3 Å². The van der Waals surface area contributed by atoms with Gasteiger partial charge in [-0.05, 0) is 31.6 Å². The third kappa shape index (κ3) is 4.27. The lowest BCUT2D eigenvalue weighted by atomic mass is 9.83. The summed E-state index contributed by atoms with van der Waals surface area (Å²) >= 11 is 0. The molecule has 21 heavy (non-hydrogen) atoms. The van der Waals surface area contributed by atoms with Gasteiger partial charge in [-0.25, -0.2) is 0 Å². The van der Waals surface area contributed by atoms with Crippen LogP contribution in [0.15, 0.2) is 0 Å². The third-order valence-electron chi connectivity index (χ3n) is 4.59. The van der Waals surface area contributed by atoms with E-state index in [1.807, 2.05) is 0 Å². The molecule has 3 unspecified atom stereocenters. The van der Waals surface area contributed by atoms with Crippen molar-refractivity contribution in [3.63, 3.8) is 0 Å². The van der Waals surface area contributed by atoms with Gasteiger partial charge in [0.25, 0.3) is 5.91 Å². The highest BCUT2D eigenvalue weighted by molar-refractivity contribution is 6.01. The van der Waals surface area contributed by atoms with E-state index in [-0.39, 0.29) is 23.8 Å². The fraction of sp³-hybridized carbons (Fsp3) is 0.800. The summed E-state index contributed by atoms with van der Waals surface area (Å²) in [5.74, 6) is -0.0676. The van der Waals surface area contributed by atoms with E-state index < -0.39 is 6.04 Å².